The molecule has 110 valence electrons. The molecule has 1 aromatic rings. The minimum Gasteiger partial charge on any atom is -0.395 e. The lowest BCUT2D eigenvalue weighted by Crippen LogP contribution is -2.20. The van der Waals surface area contributed by atoms with Gasteiger partial charge in [-0.3, -0.25) is 4.79 Å². The molecule has 1 aromatic carbocycles. The third-order valence-corrected chi connectivity index (χ3v) is 3.52. The first kappa shape index (κ1) is 15.5. The van der Waals surface area contributed by atoms with E-state index < -0.39 is 0 Å². The van der Waals surface area contributed by atoms with Gasteiger partial charge in [0, 0.05) is 19.3 Å². The number of carbonyl (C=O) groups excluding carboxylic acids is 1. The van der Waals surface area contributed by atoms with E-state index in [2.05, 4.69) is 4.99 Å². The maximum atomic E-state index is 11.3. The monoisotopic (exact) mass is 304 g/mol. The van der Waals surface area contributed by atoms with Gasteiger partial charge in [-0.2, -0.15) is 0 Å². The summed E-state index contributed by atoms with van der Waals surface area (Å²) in [5, 5.41) is 9.14. The van der Waals surface area contributed by atoms with Crippen molar-refractivity contribution in [2.75, 3.05) is 25.1 Å². The molecular formula is C16H17ClN2O2. The maximum absolute atomic E-state index is 11.3. The lowest BCUT2D eigenvalue weighted by Gasteiger charge is -2.18. The van der Waals surface area contributed by atoms with Gasteiger partial charge in [-0.15, -0.1) is 0 Å². The van der Waals surface area contributed by atoms with E-state index in [-0.39, 0.29) is 17.4 Å². The lowest BCUT2D eigenvalue weighted by atomic mass is 10.1. The first-order valence-electron chi connectivity index (χ1n) is 6.62. The standard InChI is InChI=1S/C16H17ClN2O2/c1-11-9-13(19(2)7-8-20)4-5-15(11)18-12-3-6-16(21)14(17)10-12/h3-6,9-10,20H,7-8H2,1-2H3. The second-order valence-corrected chi connectivity index (χ2v) is 5.25. The average molecular weight is 305 g/mol. The van der Waals surface area contributed by atoms with Gasteiger partial charge in [0.05, 0.1) is 23.0 Å². The molecule has 0 radical (unpaired) electrons. The van der Waals surface area contributed by atoms with Crippen LogP contribution in [0.4, 0.5) is 11.4 Å². The number of allylic oxidation sites excluding steroid dienone is 4. The number of hydrogen-bond donors (Lipinski definition) is 1. The van der Waals surface area contributed by atoms with E-state index in [0.717, 1.165) is 16.9 Å². The first-order chi connectivity index (χ1) is 10.0. The summed E-state index contributed by atoms with van der Waals surface area (Å²) < 4.78 is 0. The number of aliphatic hydroxyl groups excluding tert-OH is 1. The molecular weight excluding hydrogens is 288 g/mol. The highest BCUT2D eigenvalue weighted by Gasteiger charge is 2.10. The maximum Gasteiger partial charge on any atom is 0.197 e. The van der Waals surface area contributed by atoms with E-state index >= 15 is 0 Å². The molecule has 0 saturated heterocycles. The van der Waals surface area contributed by atoms with Crippen LogP contribution in [-0.4, -0.2) is 36.8 Å². The van der Waals surface area contributed by atoms with Gasteiger partial charge in [-0.05, 0) is 48.9 Å². The Labute approximate surface area is 129 Å². The molecule has 0 heterocycles. The summed E-state index contributed by atoms with van der Waals surface area (Å²) in [5.74, 6) is -0.201. The largest absolute Gasteiger partial charge is 0.395 e. The number of nitrogens with zero attached hydrogens (tertiary/aromatic N) is 2. The van der Waals surface area contributed by atoms with Gasteiger partial charge >= 0.3 is 0 Å². The zero-order chi connectivity index (χ0) is 15.4. The summed E-state index contributed by atoms with van der Waals surface area (Å²) >= 11 is 5.82. The summed E-state index contributed by atoms with van der Waals surface area (Å²) in [6, 6.07) is 5.88. The van der Waals surface area contributed by atoms with E-state index in [4.69, 9.17) is 16.7 Å². The summed E-state index contributed by atoms with van der Waals surface area (Å²) in [4.78, 5) is 17.7. The summed E-state index contributed by atoms with van der Waals surface area (Å²) in [5.41, 5.74) is 3.51. The summed E-state index contributed by atoms with van der Waals surface area (Å²) in [7, 11) is 1.93. The molecule has 1 N–H and O–H groups in total. The van der Waals surface area contributed by atoms with Crippen LogP contribution in [0.2, 0.25) is 0 Å². The molecule has 21 heavy (non-hydrogen) atoms. The SMILES string of the molecule is Cc1cc(N(C)CCO)ccc1N=C1C=CC(=O)C(Cl)=C1. The molecule has 0 saturated carbocycles. The van der Waals surface area contributed by atoms with Crippen LogP contribution in [0.3, 0.4) is 0 Å². The summed E-state index contributed by atoms with van der Waals surface area (Å²) in [6.45, 7) is 2.66. The highest BCUT2D eigenvalue weighted by molar-refractivity contribution is 6.47. The van der Waals surface area contributed by atoms with Gasteiger partial charge in [-0.1, -0.05) is 11.6 Å². The number of aliphatic imine (C=N–C) groups is 1. The molecule has 0 atom stereocenters. The van der Waals surface area contributed by atoms with Gasteiger partial charge in [0.15, 0.2) is 5.78 Å². The molecule has 2 rings (SSSR count). The third-order valence-electron chi connectivity index (χ3n) is 3.22. The van der Waals surface area contributed by atoms with E-state index in [1.54, 1.807) is 12.2 Å². The topological polar surface area (TPSA) is 52.9 Å². The Hall–Kier alpha value is -1.91. The molecule has 0 aromatic heterocycles. The van der Waals surface area contributed by atoms with Crippen molar-refractivity contribution in [3.8, 4) is 0 Å². The second-order valence-electron chi connectivity index (χ2n) is 4.84. The molecule has 0 unspecified atom stereocenters. The predicted octanol–water partition coefficient (Wildman–Crippen LogP) is 2.76. The third kappa shape index (κ3) is 3.80. The fourth-order valence-corrected chi connectivity index (χ4v) is 2.15. The number of benzene rings is 1. The number of ketones is 1. The van der Waals surface area contributed by atoms with Crippen molar-refractivity contribution in [2.24, 2.45) is 4.99 Å². The van der Waals surface area contributed by atoms with E-state index in [1.165, 1.54) is 6.08 Å². The fraction of sp³-hybridized carbons (Fsp3) is 0.250. The minimum atomic E-state index is -0.201. The van der Waals surface area contributed by atoms with Crippen LogP contribution >= 0.6 is 11.6 Å². The Morgan fingerprint density at radius 1 is 1.33 bits per heavy atom. The van der Waals surface area contributed by atoms with Crippen molar-refractivity contribution in [1.82, 2.24) is 0 Å². The zero-order valence-corrected chi connectivity index (χ0v) is 12.8. The normalized spacial score (nSPS) is 16.3. The van der Waals surface area contributed by atoms with Crippen molar-refractivity contribution >= 4 is 34.5 Å². The number of hydrogen-bond acceptors (Lipinski definition) is 4. The number of aliphatic hydroxyl groups is 1. The molecule has 1 aliphatic carbocycles. The van der Waals surface area contributed by atoms with Gasteiger partial charge in [0.2, 0.25) is 0 Å². The van der Waals surface area contributed by atoms with E-state index in [9.17, 15) is 4.79 Å². The van der Waals surface area contributed by atoms with Crippen LogP contribution in [0.5, 0.6) is 0 Å². The van der Waals surface area contributed by atoms with Crippen molar-refractivity contribution in [1.29, 1.82) is 0 Å². The molecule has 4 nitrogen and oxygen atoms in total. The number of rotatable bonds is 4. The Bertz CT molecular complexity index is 648. The van der Waals surface area contributed by atoms with Crippen molar-refractivity contribution < 1.29 is 9.90 Å². The van der Waals surface area contributed by atoms with Crippen molar-refractivity contribution in [2.45, 2.75) is 6.92 Å². The molecule has 0 amide bonds. The smallest absolute Gasteiger partial charge is 0.197 e. The highest BCUT2D eigenvalue weighted by atomic mass is 35.5. The van der Waals surface area contributed by atoms with Gasteiger partial charge in [0.1, 0.15) is 0 Å². The van der Waals surface area contributed by atoms with Crippen LogP contribution in [0, 0.1) is 6.92 Å². The van der Waals surface area contributed by atoms with Gasteiger partial charge < -0.3 is 10.0 Å². The van der Waals surface area contributed by atoms with Crippen LogP contribution in [0.1, 0.15) is 5.56 Å². The quantitative estimate of drug-likeness (QED) is 0.870. The van der Waals surface area contributed by atoms with Crippen LogP contribution in [-0.2, 0) is 4.79 Å². The number of carbonyl (C=O) groups is 1. The molecule has 0 fully saturated rings. The van der Waals surface area contributed by atoms with Crippen molar-refractivity contribution in [3.63, 3.8) is 0 Å². The van der Waals surface area contributed by atoms with Crippen molar-refractivity contribution in [3.05, 3.63) is 47.0 Å². The fourth-order valence-electron chi connectivity index (χ4n) is 1.98. The first-order valence-corrected chi connectivity index (χ1v) is 7.00. The zero-order valence-electron chi connectivity index (χ0n) is 12.0. The highest BCUT2D eigenvalue weighted by Crippen LogP contribution is 2.25. The summed E-state index contributed by atoms with van der Waals surface area (Å²) in [6.07, 6.45) is 4.63. The van der Waals surface area contributed by atoms with Gasteiger partial charge in [-0.25, -0.2) is 4.99 Å². The Morgan fingerprint density at radius 3 is 2.71 bits per heavy atom. The van der Waals surface area contributed by atoms with Crippen LogP contribution in [0.25, 0.3) is 0 Å². The Balaban J connectivity index is 2.26. The van der Waals surface area contributed by atoms with E-state index in [1.807, 2.05) is 37.1 Å². The Kier molecular flexibility index (Phi) is 4.94. The average Bonchev–Trinajstić information content (AvgIpc) is 2.45. The van der Waals surface area contributed by atoms with Crippen LogP contribution < -0.4 is 4.90 Å². The number of halogens is 1. The molecule has 1 aliphatic rings. The van der Waals surface area contributed by atoms with Gasteiger partial charge in [0.25, 0.3) is 0 Å². The second kappa shape index (κ2) is 6.70. The number of aryl methyl sites for hydroxylation is 1. The number of anilines is 1. The molecule has 5 heteroatoms. The van der Waals surface area contributed by atoms with Crippen LogP contribution in [0.15, 0.2) is 46.5 Å². The van der Waals surface area contributed by atoms with E-state index in [0.29, 0.717) is 12.3 Å². The minimum absolute atomic E-state index is 0.113. The molecule has 0 bridgehead atoms. The molecule has 0 spiro atoms. The number of likely N-dealkylation sites (N-methyl/N-ethyl adjacent to an activating group) is 1. The lowest BCUT2D eigenvalue weighted by molar-refractivity contribution is -0.110. The molecule has 0 aliphatic heterocycles. The predicted molar refractivity (Wildman–Crippen MR) is 86.7 cm³/mol. The Morgan fingerprint density at radius 2 is 2.10 bits per heavy atom.